The van der Waals surface area contributed by atoms with Gasteiger partial charge in [-0.2, -0.15) is 0 Å². The van der Waals surface area contributed by atoms with Crippen LogP contribution >= 0.6 is 0 Å². The highest BCUT2D eigenvalue weighted by Gasteiger charge is 2.17. The second-order valence-electron chi connectivity index (χ2n) is 4.88. The van der Waals surface area contributed by atoms with Crippen LogP contribution in [0.15, 0.2) is 34.8 Å². The Kier molecular flexibility index (Phi) is 3.66. The van der Waals surface area contributed by atoms with Crippen molar-refractivity contribution in [1.29, 1.82) is 0 Å². The molecule has 100 valence electrons. The van der Waals surface area contributed by atoms with Crippen LogP contribution in [0.2, 0.25) is 0 Å². The summed E-state index contributed by atoms with van der Waals surface area (Å²) < 4.78 is 5.45. The standard InChI is InChI=1S/C14H16N2O3/c1-14(2,9-17)16-12(18)7-8-13-15-10-5-3-4-6-11(10)19-13/h3-8,17H,9H2,1-2H3,(H,16,18)/b8-7+. The fraction of sp³-hybridized carbons (Fsp3) is 0.286. The van der Waals surface area contributed by atoms with Gasteiger partial charge in [0.05, 0.1) is 12.1 Å². The van der Waals surface area contributed by atoms with Crippen molar-refractivity contribution >= 4 is 23.1 Å². The molecule has 0 bridgehead atoms. The van der Waals surface area contributed by atoms with E-state index < -0.39 is 5.54 Å². The predicted octanol–water partition coefficient (Wildman–Crippen LogP) is 1.73. The number of hydrogen-bond acceptors (Lipinski definition) is 4. The lowest BCUT2D eigenvalue weighted by Gasteiger charge is -2.22. The molecule has 0 aliphatic carbocycles. The van der Waals surface area contributed by atoms with E-state index in [-0.39, 0.29) is 12.5 Å². The van der Waals surface area contributed by atoms with Gasteiger partial charge in [0.2, 0.25) is 11.8 Å². The molecule has 0 radical (unpaired) electrons. The highest BCUT2D eigenvalue weighted by atomic mass is 16.3. The van der Waals surface area contributed by atoms with Crippen LogP contribution < -0.4 is 5.32 Å². The quantitative estimate of drug-likeness (QED) is 0.821. The number of aliphatic hydroxyl groups excluding tert-OH is 1. The van der Waals surface area contributed by atoms with Crippen molar-refractivity contribution in [2.24, 2.45) is 0 Å². The lowest BCUT2D eigenvalue weighted by Crippen LogP contribution is -2.45. The van der Waals surface area contributed by atoms with Gasteiger partial charge in [0.25, 0.3) is 0 Å². The second kappa shape index (κ2) is 5.24. The smallest absolute Gasteiger partial charge is 0.244 e. The van der Waals surface area contributed by atoms with E-state index in [1.165, 1.54) is 12.2 Å². The van der Waals surface area contributed by atoms with Crippen LogP contribution in [0.25, 0.3) is 17.2 Å². The molecular weight excluding hydrogens is 244 g/mol. The Bertz CT molecular complexity index is 581. The summed E-state index contributed by atoms with van der Waals surface area (Å²) in [5, 5.41) is 11.7. The summed E-state index contributed by atoms with van der Waals surface area (Å²) in [6.45, 7) is 3.34. The van der Waals surface area contributed by atoms with Crippen LogP contribution in [-0.4, -0.2) is 28.1 Å². The van der Waals surface area contributed by atoms with E-state index in [9.17, 15) is 4.79 Å². The molecule has 0 saturated heterocycles. The average Bonchev–Trinajstić information content (AvgIpc) is 2.78. The first-order valence-corrected chi connectivity index (χ1v) is 5.97. The number of aromatic nitrogens is 1. The van der Waals surface area contributed by atoms with E-state index in [4.69, 9.17) is 9.52 Å². The molecule has 0 fully saturated rings. The molecule has 2 aromatic rings. The molecule has 0 aliphatic rings. The van der Waals surface area contributed by atoms with Crippen molar-refractivity contribution in [1.82, 2.24) is 10.3 Å². The number of hydrogen-bond donors (Lipinski definition) is 2. The molecule has 1 heterocycles. The average molecular weight is 260 g/mol. The van der Waals surface area contributed by atoms with Gasteiger partial charge in [-0.15, -0.1) is 0 Å². The lowest BCUT2D eigenvalue weighted by molar-refractivity contribution is -0.118. The van der Waals surface area contributed by atoms with Gasteiger partial charge in [-0.3, -0.25) is 4.79 Å². The number of nitrogens with one attached hydrogen (secondary N) is 1. The number of rotatable bonds is 4. The van der Waals surface area contributed by atoms with Gasteiger partial charge in [0.1, 0.15) is 5.52 Å². The van der Waals surface area contributed by atoms with Gasteiger partial charge in [-0.25, -0.2) is 4.98 Å². The fourth-order valence-corrected chi connectivity index (χ4v) is 1.52. The van der Waals surface area contributed by atoms with E-state index in [1.807, 2.05) is 24.3 Å². The second-order valence-corrected chi connectivity index (χ2v) is 4.88. The minimum atomic E-state index is -0.650. The maximum absolute atomic E-state index is 11.6. The lowest BCUT2D eigenvalue weighted by atomic mass is 10.1. The molecule has 1 amide bonds. The Morgan fingerprint density at radius 3 is 2.89 bits per heavy atom. The van der Waals surface area contributed by atoms with Crippen molar-refractivity contribution in [3.8, 4) is 0 Å². The summed E-state index contributed by atoms with van der Waals surface area (Å²) in [6, 6.07) is 7.38. The van der Waals surface area contributed by atoms with E-state index in [2.05, 4.69) is 10.3 Å². The van der Waals surface area contributed by atoms with Gasteiger partial charge >= 0.3 is 0 Å². The zero-order valence-electron chi connectivity index (χ0n) is 10.9. The summed E-state index contributed by atoms with van der Waals surface area (Å²) >= 11 is 0. The van der Waals surface area contributed by atoms with Gasteiger partial charge < -0.3 is 14.8 Å². The molecule has 19 heavy (non-hydrogen) atoms. The largest absolute Gasteiger partial charge is 0.437 e. The number of fused-ring (bicyclic) bond motifs is 1. The Balaban J connectivity index is 2.08. The van der Waals surface area contributed by atoms with Gasteiger partial charge in [-0.05, 0) is 26.0 Å². The molecule has 0 aliphatic heterocycles. The first-order chi connectivity index (χ1) is 9.00. The number of carbonyl (C=O) groups is 1. The summed E-state index contributed by atoms with van der Waals surface area (Å²) in [4.78, 5) is 15.8. The summed E-state index contributed by atoms with van der Waals surface area (Å²) in [7, 11) is 0. The SMILES string of the molecule is CC(C)(CO)NC(=O)/C=C/c1nc2ccccc2o1. The van der Waals surface area contributed by atoms with Crippen LogP contribution in [0.4, 0.5) is 0 Å². The van der Waals surface area contributed by atoms with E-state index >= 15 is 0 Å². The van der Waals surface area contributed by atoms with Crippen LogP contribution in [0, 0.1) is 0 Å². The predicted molar refractivity (Wildman–Crippen MR) is 72.4 cm³/mol. The highest BCUT2D eigenvalue weighted by Crippen LogP contribution is 2.15. The van der Waals surface area contributed by atoms with Crippen LogP contribution in [0.5, 0.6) is 0 Å². The first kappa shape index (κ1) is 13.3. The van der Waals surface area contributed by atoms with Gasteiger partial charge in [0.15, 0.2) is 5.58 Å². The molecule has 1 aromatic heterocycles. The van der Waals surface area contributed by atoms with E-state index in [0.717, 1.165) is 5.52 Å². The van der Waals surface area contributed by atoms with Crippen molar-refractivity contribution in [3.63, 3.8) is 0 Å². The first-order valence-electron chi connectivity index (χ1n) is 5.97. The number of aliphatic hydroxyl groups is 1. The Morgan fingerprint density at radius 2 is 2.21 bits per heavy atom. The third-order valence-corrected chi connectivity index (χ3v) is 2.54. The highest BCUT2D eigenvalue weighted by molar-refractivity contribution is 5.92. The third kappa shape index (κ3) is 3.42. The van der Waals surface area contributed by atoms with Crippen LogP contribution in [0.3, 0.4) is 0 Å². The van der Waals surface area contributed by atoms with E-state index in [1.54, 1.807) is 13.8 Å². The fourth-order valence-electron chi connectivity index (χ4n) is 1.52. The molecule has 0 saturated carbocycles. The zero-order chi connectivity index (χ0) is 13.9. The maximum atomic E-state index is 11.6. The number of benzene rings is 1. The van der Waals surface area contributed by atoms with Crippen LogP contribution in [-0.2, 0) is 4.79 Å². The van der Waals surface area contributed by atoms with Crippen LogP contribution in [0.1, 0.15) is 19.7 Å². The summed E-state index contributed by atoms with van der Waals surface area (Å²) in [5.74, 6) is 0.0689. The minimum absolute atomic E-state index is 0.129. The van der Waals surface area contributed by atoms with Crippen molar-refractivity contribution < 1.29 is 14.3 Å². The van der Waals surface area contributed by atoms with Crippen molar-refractivity contribution in [3.05, 3.63) is 36.2 Å². The molecule has 0 spiro atoms. The molecule has 0 unspecified atom stereocenters. The molecule has 0 atom stereocenters. The molecule has 2 N–H and O–H groups in total. The zero-order valence-corrected chi connectivity index (χ0v) is 10.9. The van der Waals surface area contributed by atoms with Crippen molar-refractivity contribution in [2.75, 3.05) is 6.61 Å². The van der Waals surface area contributed by atoms with Gasteiger partial charge in [-0.1, -0.05) is 12.1 Å². The molecular formula is C14H16N2O3. The Morgan fingerprint density at radius 1 is 1.47 bits per heavy atom. The molecule has 2 rings (SSSR count). The molecule has 5 heteroatoms. The number of amides is 1. The molecule has 1 aromatic carbocycles. The molecule has 5 nitrogen and oxygen atoms in total. The third-order valence-electron chi connectivity index (χ3n) is 2.54. The number of nitrogens with zero attached hydrogens (tertiary/aromatic N) is 1. The topological polar surface area (TPSA) is 75.4 Å². The number of para-hydroxylation sites is 2. The van der Waals surface area contributed by atoms with E-state index in [0.29, 0.717) is 11.5 Å². The monoisotopic (exact) mass is 260 g/mol. The van der Waals surface area contributed by atoms with Crippen molar-refractivity contribution in [2.45, 2.75) is 19.4 Å². The Labute approximate surface area is 110 Å². The number of oxazole rings is 1. The Hall–Kier alpha value is -2.14. The summed E-state index contributed by atoms with van der Waals surface area (Å²) in [6.07, 6.45) is 2.84. The summed E-state index contributed by atoms with van der Waals surface area (Å²) in [5.41, 5.74) is 0.777. The van der Waals surface area contributed by atoms with Gasteiger partial charge in [0, 0.05) is 12.2 Å². The maximum Gasteiger partial charge on any atom is 0.244 e. The normalized spacial score (nSPS) is 12.2. The number of carbonyl (C=O) groups excluding carboxylic acids is 1. The minimum Gasteiger partial charge on any atom is -0.437 e.